The standard InChI is InChI=1S/C16H23BrO2/c1-10-6-11(2)8-14(7-10)19-16-5-4-13(17)9-15(16)12(3)18/h4-5,9-12,14,18H,6-8H2,1-3H3. The molecule has 19 heavy (non-hydrogen) atoms. The van der Waals surface area contributed by atoms with Crippen LogP contribution >= 0.6 is 15.9 Å². The zero-order valence-corrected chi connectivity index (χ0v) is 13.5. The average molecular weight is 327 g/mol. The van der Waals surface area contributed by atoms with Gasteiger partial charge in [0.25, 0.3) is 0 Å². The Balaban J connectivity index is 2.14. The highest BCUT2D eigenvalue weighted by Gasteiger charge is 2.26. The number of aliphatic hydroxyl groups excluding tert-OH is 1. The Morgan fingerprint density at radius 3 is 2.42 bits per heavy atom. The summed E-state index contributed by atoms with van der Waals surface area (Å²) < 4.78 is 7.14. The fraction of sp³-hybridized carbons (Fsp3) is 0.625. The van der Waals surface area contributed by atoms with Crippen LogP contribution in [0, 0.1) is 11.8 Å². The SMILES string of the molecule is CC1CC(C)CC(Oc2ccc(Br)cc2C(C)O)C1. The minimum absolute atomic E-state index is 0.275. The highest BCUT2D eigenvalue weighted by Crippen LogP contribution is 2.34. The maximum Gasteiger partial charge on any atom is 0.125 e. The van der Waals surface area contributed by atoms with Gasteiger partial charge in [0.2, 0.25) is 0 Å². The van der Waals surface area contributed by atoms with Crippen molar-refractivity contribution >= 4 is 15.9 Å². The number of rotatable bonds is 3. The Bertz CT molecular complexity index is 421. The van der Waals surface area contributed by atoms with E-state index >= 15 is 0 Å². The number of ether oxygens (including phenoxy) is 1. The van der Waals surface area contributed by atoms with Crippen LogP contribution in [0.2, 0.25) is 0 Å². The summed E-state index contributed by atoms with van der Waals surface area (Å²) in [7, 11) is 0. The first kappa shape index (κ1) is 14.9. The van der Waals surface area contributed by atoms with Crippen molar-refractivity contribution in [2.45, 2.75) is 52.2 Å². The highest BCUT2D eigenvalue weighted by molar-refractivity contribution is 9.10. The van der Waals surface area contributed by atoms with Crippen LogP contribution < -0.4 is 4.74 Å². The lowest BCUT2D eigenvalue weighted by Crippen LogP contribution is -2.28. The van der Waals surface area contributed by atoms with Crippen molar-refractivity contribution in [3.8, 4) is 5.75 Å². The summed E-state index contributed by atoms with van der Waals surface area (Å²) in [4.78, 5) is 0. The van der Waals surface area contributed by atoms with E-state index in [9.17, 15) is 5.11 Å². The molecule has 2 nitrogen and oxygen atoms in total. The topological polar surface area (TPSA) is 29.5 Å². The first-order chi connectivity index (χ1) is 8.95. The molecular weight excluding hydrogens is 304 g/mol. The van der Waals surface area contributed by atoms with Gasteiger partial charge in [-0.05, 0) is 56.2 Å². The molecule has 0 saturated heterocycles. The van der Waals surface area contributed by atoms with Gasteiger partial charge in [0.1, 0.15) is 5.75 Å². The molecule has 106 valence electrons. The third kappa shape index (κ3) is 3.96. The largest absolute Gasteiger partial charge is 0.490 e. The van der Waals surface area contributed by atoms with Gasteiger partial charge in [-0.1, -0.05) is 29.8 Å². The summed E-state index contributed by atoms with van der Waals surface area (Å²) in [6, 6.07) is 5.86. The fourth-order valence-electron chi connectivity index (χ4n) is 3.10. The first-order valence-corrected chi connectivity index (χ1v) is 7.89. The molecule has 3 unspecified atom stereocenters. The minimum Gasteiger partial charge on any atom is -0.490 e. The van der Waals surface area contributed by atoms with E-state index in [1.165, 1.54) is 6.42 Å². The smallest absolute Gasteiger partial charge is 0.125 e. The molecule has 2 rings (SSSR count). The molecule has 1 N–H and O–H groups in total. The summed E-state index contributed by atoms with van der Waals surface area (Å²) in [6.45, 7) is 6.37. The Morgan fingerprint density at radius 1 is 1.21 bits per heavy atom. The van der Waals surface area contributed by atoms with Gasteiger partial charge >= 0.3 is 0 Å². The fourth-order valence-corrected chi connectivity index (χ4v) is 3.48. The molecule has 3 heteroatoms. The van der Waals surface area contributed by atoms with Crippen molar-refractivity contribution in [1.82, 2.24) is 0 Å². The van der Waals surface area contributed by atoms with Gasteiger partial charge in [-0.25, -0.2) is 0 Å². The molecule has 0 heterocycles. The average Bonchev–Trinajstić information content (AvgIpc) is 2.30. The van der Waals surface area contributed by atoms with Crippen LogP contribution in [0.25, 0.3) is 0 Å². The van der Waals surface area contributed by atoms with E-state index in [0.29, 0.717) is 0 Å². The Hall–Kier alpha value is -0.540. The second-order valence-corrected chi connectivity index (χ2v) is 6.93. The molecule has 0 aliphatic heterocycles. The van der Waals surface area contributed by atoms with E-state index in [4.69, 9.17) is 4.74 Å². The van der Waals surface area contributed by atoms with Crippen LogP contribution in [0.15, 0.2) is 22.7 Å². The number of benzene rings is 1. The monoisotopic (exact) mass is 326 g/mol. The zero-order valence-electron chi connectivity index (χ0n) is 11.9. The van der Waals surface area contributed by atoms with Crippen molar-refractivity contribution in [2.24, 2.45) is 11.8 Å². The second-order valence-electron chi connectivity index (χ2n) is 6.02. The van der Waals surface area contributed by atoms with Gasteiger partial charge in [0, 0.05) is 10.0 Å². The molecule has 0 bridgehead atoms. The summed E-state index contributed by atoms with van der Waals surface area (Å²) in [5.41, 5.74) is 0.861. The molecule has 1 saturated carbocycles. The predicted molar refractivity (Wildman–Crippen MR) is 81.4 cm³/mol. The van der Waals surface area contributed by atoms with Gasteiger partial charge in [-0.3, -0.25) is 0 Å². The normalized spacial score (nSPS) is 29.0. The first-order valence-electron chi connectivity index (χ1n) is 7.10. The molecule has 0 radical (unpaired) electrons. The third-order valence-corrected chi connectivity index (χ3v) is 4.34. The van der Waals surface area contributed by atoms with Gasteiger partial charge in [0.15, 0.2) is 0 Å². The molecule has 3 atom stereocenters. The maximum absolute atomic E-state index is 9.86. The number of hydrogen-bond acceptors (Lipinski definition) is 2. The third-order valence-electron chi connectivity index (χ3n) is 3.85. The predicted octanol–water partition coefficient (Wildman–Crippen LogP) is 4.71. The van der Waals surface area contributed by atoms with Crippen LogP contribution in [0.4, 0.5) is 0 Å². The highest BCUT2D eigenvalue weighted by atomic mass is 79.9. The molecular formula is C16H23BrO2. The van der Waals surface area contributed by atoms with Gasteiger partial charge < -0.3 is 9.84 Å². The number of hydrogen-bond donors (Lipinski definition) is 1. The van der Waals surface area contributed by atoms with Crippen LogP contribution in [-0.2, 0) is 0 Å². The lowest BCUT2D eigenvalue weighted by Gasteiger charge is -2.32. The van der Waals surface area contributed by atoms with E-state index in [1.807, 2.05) is 18.2 Å². The summed E-state index contributed by atoms with van der Waals surface area (Å²) in [5.74, 6) is 2.27. The molecule has 1 aliphatic rings. The van der Waals surface area contributed by atoms with E-state index in [0.717, 1.165) is 40.5 Å². The second kappa shape index (κ2) is 6.27. The zero-order chi connectivity index (χ0) is 14.0. The lowest BCUT2D eigenvalue weighted by molar-refractivity contribution is 0.0959. The number of aliphatic hydroxyl groups is 1. The van der Waals surface area contributed by atoms with Crippen molar-refractivity contribution in [3.63, 3.8) is 0 Å². The molecule has 1 fully saturated rings. The molecule has 1 aliphatic carbocycles. The Kier molecular flexibility index (Phi) is 4.91. The van der Waals surface area contributed by atoms with Crippen molar-refractivity contribution < 1.29 is 9.84 Å². The Morgan fingerprint density at radius 2 is 1.84 bits per heavy atom. The van der Waals surface area contributed by atoms with E-state index < -0.39 is 6.10 Å². The quantitative estimate of drug-likeness (QED) is 0.871. The van der Waals surface area contributed by atoms with Crippen molar-refractivity contribution in [1.29, 1.82) is 0 Å². The van der Waals surface area contributed by atoms with Crippen LogP contribution in [0.3, 0.4) is 0 Å². The van der Waals surface area contributed by atoms with E-state index in [1.54, 1.807) is 6.92 Å². The molecule has 0 spiro atoms. The summed E-state index contributed by atoms with van der Waals surface area (Å²) in [6.07, 6.45) is 3.28. The van der Waals surface area contributed by atoms with Gasteiger partial charge in [-0.15, -0.1) is 0 Å². The summed E-state index contributed by atoms with van der Waals surface area (Å²) >= 11 is 3.44. The molecule has 1 aromatic carbocycles. The molecule has 1 aromatic rings. The van der Waals surface area contributed by atoms with Crippen molar-refractivity contribution in [2.75, 3.05) is 0 Å². The summed E-state index contributed by atoms with van der Waals surface area (Å²) in [5, 5.41) is 9.86. The minimum atomic E-state index is -0.508. The van der Waals surface area contributed by atoms with Gasteiger partial charge in [0.05, 0.1) is 12.2 Å². The van der Waals surface area contributed by atoms with Crippen LogP contribution in [-0.4, -0.2) is 11.2 Å². The molecule has 0 amide bonds. The van der Waals surface area contributed by atoms with E-state index in [-0.39, 0.29) is 6.10 Å². The van der Waals surface area contributed by atoms with Gasteiger partial charge in [-0.2, -0.15) is 0 Å². The molecule has 0 aromatic heterocycles. The van der Waals surface area contributed by atoms with E-state index in [2.05, 4.69) is 29.8 Å². The van der Waals surface area contributed by atoms with Crippen LogP contribution in [0.5, 0.6) is 5.75 Å². The number of halogens is 1. The lowest BCUT2D eigenvalue weighted by atomic mass is 9.82. The maximum atomic E-state index is 9.86. The van der Waals surface area contributed by atoms with Crippen LogP contribution in [0.1, 0.15) is 51.7 Å². The van der Waals surface area contributed by atoms with Crippen molar-refractivity contribution in [3.05, 3.63) is 28.2 Å². The Labute approximate surface area is 124 Å².